The molecule has 0 spiro atoms. The predicted octanol–water partition coefficient (Wildman–Crippen LogP) is 5.04. The van der Waals surface area contributed by atoms with Crippen molar-refractivity contribution in [3.63, 3.8) is 0 Å². The van der Waals surface area contributed by atoms with E-state index in [1.807, 2.05) is 72.8 Å². The molecule has 4 aromatic rings. The molecule has 3 aromatic carbocycles. The number of hydrogen-bond donors (Lipinski definition) is 1. The normalized spacial score (nSPS) is 12.0. The van der Waals surface area contributed by atoms with Crippen LogP contribution in [0.25, 0.3) is 11.0 Å². The zero-order valence-electron chi connectivity index (χ0n) is 16.0. The van der Waals surface area contributed by atoms with Gasteiger partial charge in [0.25, 0.3) is 0 Å². The van der Waals surface area contributed by atoms with Crippen molar-refractivity contribution in [2.24, 2.45) is 0 Å². The summed E-state index contributed by atoms with van der Waals surface area (Å²) in [6.07, 6.45) is 0.416. The number of fused-ring (bicyclic) bond motifs is 1. The molecule has 0 saturated heterocycles. The molecule has 0 aliphatic heterocycles. The SMILES string of the molecule is O=c1cc(CCC(O)c2cccc(OCc3ccccc3)c2)c2ccccc2o1. The van der Waals surface area contributed by atoms with E-state index in [9.17, 15) is 9.90 Å². The molecule has 1 N–H and O–H groups in total. The lowest BCUT2D eigenvalue weighted by atomic mass is 9.99. The summed E-state index contributed by atoms with van der Waals surface area (Å²) in [5.41, 5.74) is 2.97. The van der Waals surface area contributed by atoms with Gasteiger partial charge in [-0.1, -0.05) is 60.7 Å². The molecule has 0 amide bonds. The largest absolute Gasteiger partial charge is 0.489 e. The van der Waals surface area contributed by atoms with Crippen LogP contribution in [0, 0.1) is 0 Å². The van der Waals surface area contributed by atoms with Crippen molar-refractivity contribution in [2.75, 3.05) is 0 Å². The maximum Gasteiger partial charge on any atom is 0.336 e. The van der Waals surface area contributed by atoms with Gasteiger partial charge >= 0.3 is 5.63 Å². The van der Waals surface area contributed by atoms with E-state index in [4.69, 9.17) is 9.15 Å². The van der Waals surface area contributed by atoms with Crippen LogP contribution in [0.4, 0.5) is 0 Å². The number of hydrogen-bond acceptors (Lipinski definition) is 4. The molecule has 1 aromatic heterocycles. The maximum atomic E-state index is 11.8. The van der Waals surface area contributed by atoms with E-state index < -0.39 is 6.10 Å². The van der Waals surface area contributed by atoms with Crippen molar-refractivity contribution in [1.29, 1.82) is 0 Å². The van der Waals surface area contributed by atoms with Crippen molar-refractivity contribution in [3.05, 3.63) is 112 Å². The Bertz CT molecular complexity index is 1150. The average molecular weight is 386 g/mol. The smallest absolute Gasteiger partial charge is 0.336 e. The van der Waals surface area contributed by atoms with Crippen molar-refractivity contribution in [1.82, 2.24) is 0 Å². The Morgan fingerprint density at radius 2 is 1.69 bits per heavy atom. The molecule has 1 unspecified atom stereocenters. The standard InChI is InChI=1S/C25H22O4/c26-23(14-13-19-16-25(27)29-24-12-5-4-11-22(19)24)20-9-6-10-21(15-20)28-17-18-7-2-1-3-8-18/h1-12,15-16,23,26H,13-14,17H2. The monoisotopic (exact) mass is 386 g/mol. The molecule has 0 radical (unpaired) electrons. The molecular formula is C25H22O4. The number of aliphatic hydroxyl groups excluding tert-OH is 1. The first-order valence-electron chi connectivity index (χ1n) is 9.65. The van der Waals surface area contributed by atoms with Crippen molar-refractivity contribution in [2.45, 2.75) is 25.6 Å². The van der Waals surface area contributed by atoms with Crippen LogP contribution in [0.3, 0.4) is 0 Å². The van der Waals surface area contributed by atoms with Crippen LogP contribution in [0.1, 0.15) is 29.2 Å². The minimum atomic E-state index is -0.652. The van der Waals surface area contributed by atoms with E-state index in [1.54, 1.807) is 6.07 Å². The fourth-order valence-electron chi connectivity index (χ4n) is 3.40. The van der Waals surface area contributed by atoms with Gasteiger partial charge in [-0.3, -0.25) is 0 Å². The summed E-state index contributed by atoms with van der Waals surface area (Å²) in [5.74, 6) is 0.719. The van der Waals surface area contributed by atoms with Crippen LogP contribution >= 0.6 is 0 Å². The third kappa shape index (κ3) is 4.73. The fraction of sp³-hybridized carbons (Fsp3) is 0.160. The van der Waals surface area contributed by atoms with Gasteiger partial charge in [0.05, 0.1) is 6.10 Å². The molecule has 0 bridgehead atoms. The van der Waals surface area contributed by atoms with Crippen molar-refractivity contribution < 1.29 is 14.3 Å². The Kier molecular flexibility index (Phi) is 5.73. The third-order valence-electron chi connectivity index (χ3n) is 4.91. The molecule has 4 heteroatoms. The van der Waals surface area contributed by atoms with E-state index in [1.165, 1.54) is 6.07 Å². The van der Waals surface area contributed by atoms with Crippen molar-refractivity contribution in [3.8, 4) is 5.75 Å². The Morgan fingerprint density at radius 1 is 0.897 bits per heavy atom. The van der Waals surface area contributed by atoms with Crippen LogP contribution in [0.15, 0.2) is 94.1 Å². The number of aliphatic hydroxyl groups is 1. The lowest BCUT2D eigenvalue weighted by Gasteiger charge is -2.14. The van der Waals surface area contributed by atoms with Gasteiger partial charge in [-0.15, -0.1) is 0 Å². The Labute approximate surface area is 169 Å². The molecule has 0 fully saturated rings. The number of ether oxygens (including phenoxy) is 1. The molecule has 1 heterocycles. The third-order valence-corrected chi connectivity index (χ3v) is 4.91. The van der Waals surface area contributed by atoms with E-state index in [0.717, 1.165) is 27.8 Å². The highest BCUT2D eigenvalue weighted by Crippen LogP contribution is 2.25. The number of rotatable bonds is 7. The topological polar surface area (TPSA) is 59.7 Å². The minimum absolute atomic E-state index is 0.371. The molecule has 0 aliphatic rings. The molecule has 0 saturated carbocycles. The quantitative estimate of drug-likeness (QED) is 0.452. The molecule has 29 heavy (non-hydrogen) atoms. The van der Waals surface area contributed by atoms with E-state index in [0.29, 0.717) is 25.0 Å². The summed E-state index contributed by atoms with van der Waals surface area (Å²) in [5, 5.41) is 11.6. The summed E-state index contributed by atoms with van der Waals surface area (Å²) in [4.78, 5) is 11.8. The molecule has 1 atom stereocenters. The van der Waals surface area contributed by atoms with E-state index >= 15 is 0 Å². The lowest BCUT2D eigenvalue weighted by Crippen LogP contribution is -2.04. The van der Waals surface area contributed by atoms with Crippen LogP contribution < -0.4 is 10.4 Å². The molecule has 146 valence electrons. The zero-order valence-corrected chi connectivity index (χ0v) is 16.0. The molecule has 4 rings (SSSR count). The predicted molar refractivity (Wildman–Crippen MR) is 113 cm³/mol. The summed E-state index contributed by atoms with van der Waals surface area (Å²) in [6, 6.07) is 26.4. The van der Waals surface area contributed by atoms with E-state index in [2.05, 4.69) is 0 Å². The van der Waals surface area contributed by atoms with Crippen LogP contribution in [-0.4, -0.2) is 5.11 Å². The van der Waals surface area contributed by atoms with Gasteiger partial charge in [0.15, 0.2) is 0 Å². The zero-order chi connectivity index (χ0) is 20.1. The van der Waals surface area contributed by atoms with Gasteiger partial charge in [-0.25, -0.2) is 4.79 Å². The van der Waals surface area contributed by atoms with Gasteiger partial charge in [-0.05, 0) is 47.7 Å². The van der Waals surface area contributed by atoms with Crippen LogP contribution in [0.2, 0.25) is 0 Å². The van der Waals surface area contributed by atoms with Gasteiger partial charge in [0.2, 0.25) is 0 Å². The second kappa shape index (κ2) is 8.76. The summed E-state index contributed by atoms with van der Waals surface area (Å²) in [6.45, 7) is 0.478. The summed E-state index contributed by atoms with van der Waals surface area (Å²) < 4.78 is 11.1. The molecule has 0 aliphatic carbocycles. The van der Waals surface area contributed by atoms with Gasteiger partial charge < -0.3 is 14.3 Å². The summed E-state index contributed by atoms with van der Waals surface area (Å²) >= 11 is 0. The van der Waals surface area contributed by atoms with E-state index in [-0.39, 0.29) is 5.63 Å². The highest BCUT2D eigenvalue weighted by Gasteiger charge is 2.12. The lowest BCUT2D eigenvalue weighted by molar-refractivity contribution is 0.167. The number of benzene rings is 3. The number of aryl methyl sites for hydroxylation is 1. The highest BCUT2D eigenvalue weighted by molar-refractivity contribution is 5.79. The van der Waals surface area contributed by atoms with Gasteiger partial charge in [-0.2, -0.15) is 0 Å². The fourth-order valence-corrected chi connectivity index (χ4v) is 3.40. The summed E-state index contributed by atoms with van der Waals surface area (Å²) in [7, 11) is 0. The second-order valence-electron chi connectivity index (χ2n) is 6.99. The Balaban J connectivity index is 1.44. The molecule has 4 nitrogen and oxygen atoms in total. The first-order chi connectivity index (χ1) is 14.2. The van der Waals surface area contributed by atoms with Crippen LogP contribution in [0.5, 0.6) is 5.75 Å². The van der Waals surface area contributed by atoms with Gasteiger partial charge in [0.1, 0.15) is 17.9 Å². The number of para-hydroxylation sites is 1. The Hall–Kier alpha value is -3.37. The first kappa shape index (κ1) is 19.0. The second-order valence-corrected chi connectivity index (χ2v) is 6.99. The Morgan fingerprint density at radius 3 is 2.55 bits per heavy atom. The first-order valence-corrected chi connectivity index (χ1v) is 9.65. The minimum Gasteiger partial charge on any atom is -0.489 e. The van der Waals surface area contributed by atoms with Crippen LogP contribution in [-0.2, 0) is 13.0 Å². The molecular weight excluding hydrogens is 364 g/mol. The van der Waals surface area contributed by atoms with Gasteiger partial charge in [0, 0.05) is 11.5 Å². The highest BCUT2D eigenvalue weighted by atomic mass is 16.5. The maximum absolute atomic E-state index is 11.8. The average Bonchev–Trinajstić information content (AvgIpc) is 2.76. The van der Waals surface area contributed by atoms with Crippen molar-refractivity contribution >= 4 is 11.0 Å².